The van der Waals surface area contributed by atoms with Gasteiger partial charge >= 0.3 is 0 Å². The Bertz CT molecular complexity index is 608. The van der Waals surface area contributed by atoms with Gasteiger partial charge in [0.2, 0.25) is 0 Å². The van der Waals surface area contributed by atoms with E-state index in [2.05, 4.69) is 41.9 Å². The minimum Gasteiger partial charge on any atom is -0.489 e. The Balaban J connectivity index is 2.17. The Morgan fingerprint density at radius 1 is 1.15 bits per heavy atom. The molecule has 0 aliphatic carbocycles. The van der Waals surface area contributed by atoms with Crippen LogP contribution < -0.4 is 4.74 Å². The van der Waals surface area contributed by atoms with Crippen LogP contribution in [0.5, 0.6) is 5.75 Å². The summed E-state index contributed by atoms with van der Waals surface area (Å²) in [6, 6.07) is 11.2. The van der Waals surface area contributed by atoms with Crippen LogP contribution in [-0.4, -0.2) is 0 Å². The van der Waals surface area contributed by atoms with E-state index < -0.39 is 0 Å². The van der Waals surface area contributed by atoms with E-state index in [0.717, 1.165) is 11.3 Å². The lowest BCUT2D eigenvalue weighted by Gasteiger charge is -2.15. The fourth-order valence-electron chi connectivity index (χ4n) is 2.03. The summed E-state index contributed by atoms with van der Waals surface area (Å²) < 4.78 is 19.6. The van der Waals surface area contributed by atoms with E-state index in [0.29, 0.717) is 17.0 Å². The first-order chi connectivity index (χ1) is 9.47. The van der Waals surface area contributed by atoms with Crippen LogP contribution in [-0.2, 0) is 6.61 Å². The van der Waals surface area contributed by atoms with Crippen molar-refractivity contribution >= 4 is 15.9 Å². The lowest BCUT2D eigenvalue weighted by Crippen LogP contribution is -2.00. The fourth-order valence-corrected chi connectivity index (χ4v) is 2.46. The largest absolute Gasteiger partial charge is 0.489 e. The molecule has 0 aliphatic heterocycles. The van der Waals surface area contributed by atoms with Gasteiger partial charge in [0, 0.05) is 0 Å². The fraction of sp³-hybridized carbons (Fsp3) is 0.294. The molecule has 2 rings (SSSR count). The third-order valence-electron chi connectivity index (χ3n) is 3.17. The number of rotatable bonds is 4. The van der Waals surface area contributed by atoms with Crippen molar-refractivity contribution in [2.45, 2.75) is 33.3 Å². The number of ether oxygens (including phenoxy) is 1. The van der Waals surface area contributed by atoms with Crippen LogP contribution in [0.1, 0.15) is 36.5 Å². The number of aryl methyl sites for hydroxylation is 1. The Morgan fingerprint density at radius 3 is 2.55 bits per heavy atom. The number of hydrogen-bond acceptors (Lipinski definition) is 1. The molecule has 0 aromatic heterocycles. The Morgan fingerprint density at radius 2 is 1.90 bits per heavy atom. The van der Waals surface area contributed by atoms with Gasteiger partial charge in [-0.25, -0.2) is 4.39 Å². The second-order valence-corrected chi connectivity index (χ2v) is 6.09. The molecule has 106 valence electrons. The molecule has 0 atom stereocenters. The molecule has 0 heterocycles. The van der Waals surface area contributed by atoms with Crippen LogP contribution in [0.4, 0.5) is 4.39 Å². The van der Waals surface area contributed by atoms with Crippen molar-refractivity contribution in [3.8, 4) is 5.75 Å². The second-order valence-electron chi connectivity index (χ2n) is 5.23. The maximum atomic E-state index is 13.2. The van der Waals surface area contributed by atoms with Crippen LogP contribution in [0.25, 0.3) is 0 Å². The summed E-state index contributed by atoms with van der Waals surface area (Å²) in [4.78, 5) is 0. The zero-order chi connectivity index (χ0) is 14.7. The van der Waals surface area contributed by atoms with Crippen LogP contribution in [0, 0.1) is 12.7 Å². The Labute approximate surface area is 127 Å². The number of halogens is 2. The van der Waals surface area contributed by atoms with E-state index in [4.69, 9.17) is 4.74 Å². The van der Waals surface area contributed by atoms with Gasteiger partial charge in [-0.2, -0.15) is 0 Å². The molecule has 0 spiro atoms. The first kappa shape index (κ1) is 15.0. The highest BCUT2D eigenvalue weighted by molar-refractivity contribution is 9.10. The quantitative estimate of drug-likeness (QED) is 0.706. The average Bonchev–Trinajstić information content (AvgIpc) is 2.40. The summed E-state index contributed by atoms with van der Waals surface area (Å²) in [5, 5.41) is 0. The van der Waals surface area contributed by atoms with E-state index in [1.807, 2.05) is 13.0 Å². The molecule has 0 saturated carbocycles. The molecule has 0 aliphatic rings. The topological polar surface area (TPSA) is 9.23 Å². The molecular formula is C17H18BrFO. The van der Waals surface area contributed by atoms with Crippen molar-refractivity contribution in [2.75, 3.05) is 0 Å². The molecule has 0 unspecified atom stereocenters. The van der Waals surface area contributed by atoms with Crippen molar-refractivity contribution in [1.82, 2.24) is 0 Å². The van der Waals surface area contributed by atoms with Crippen molar-refractivity contribution in [3.63, 3.8) is 0 Å². The van der Waals surface area contributed by atoms with Gasteiger partial charge < -0.3 is 4.74 Å². The third kappa shape index (κ3) is 3.60. The minimum atomic E-state index is -0.257. The first-order valence-electron chi connectivity index (χ1n) is 6.64. The third-order valence-corrected chi connectivity index (χ3v) is 3.78. The molecule has 2 aromatic rings. The van der Waals surface area contributed by atoms with Gasteiger partial charge in [-0.1, -0.05) is 32.0 Å². The van der Waals surface area contributed by atoms with Gasteiger partial charge in [-0.15, -0.1) is 0 Å². The van der Waals surface area contributed by atoms with E-state index >= 15 is 0 Å². The van der Waals surface area contributed by atoms with Crippen LogP contribution in [0.2, 0.25) is 0 Å². The van der Waals surface area contributed by atoms with Crippen molar-refractivity contribution < 1.29 is 9.13 Å². The zero-order valence-corrected chi connectivity index (χ0v) is 13.5. The smallest absolute Gasteiger partial charge is 0.137 e. The second kappa shape index (κ2) is 6.40. The average molecular weight is 337 g/mol. The van der Waals surface area contributed by atoms with Crippen LogP contribution in [0.3, 0.4) is 0 Å². The van der Waals surface area contributed by atoms with E-state index in [1.54, 1.807) is 12.1 Å². The van der Waals surface area contributed by atoms with Gasteiger partial charge in [-0.05, 0) is 63.7 Å². The molecule has 0 N–H and O–H groups in total. The summed E-state index contributed by atoms with van der Waals surface area (Å²) in [6.07, 6.45) is 0. The first-order valence-corrected chi connectivity index (χ1v) is 7.44. The molecule has 0 radical (unpaired) electrons. The van der Waals surface area contributed by atoms with Crippen molar-refractivity contribution in [1.29, 1.82) is 0 Å². The molecule has 0 bridgehead atoms. The normalized spacial score (nSPS) is 10.9. The lowest BCUT2D eigenvalue weighted by atomic mass is 10.0. The summed E-state index contributed by atoms with van der Waals surface area (Å²) in [6.45, 7) is 6.77. The lowest BCUT2D eigenvalue weighted by molar-refractivity contribution is 0.301. The highest BCUT2D eigenvalue weighted by Crippen LogP contribution is 2.28. The zero-order valence-electron chi connectivity index (χ0n) is 11.9. The predicted octanol–water partition coefficient (Wildman–Crippen LogP) is 5.60. The maximum Gasteiger partial charge on any atom is 0.137 e. The molecule has 1 nitrogen and oxygen atoms in total. The number of benzene rings is 2. The standard InChI is InChI=1S/C17H18BrFO/c1-11(2)14-6-4-12(3)8-17(14)20-10-13-5-7-16(19)15(18)9-13/h4-9,11H,10H2,1-3H3. The molecule has 2 aromatic carbocycles. The van der Waals surface area contributed by atoms with Crippen molar-refractivity contribution in [3.05, 3.63) is 63.4 Å². The van der Waals surface area contributed by atoms with Gasteiger partial charge in [0.15, 0.2) is 0 Å². The predicted molar refractivity (Wildman–Crippen MR) is 83.7 cm³/mol. The van der Waals surface area contributed by atoms with E-state index in [9.17, 15) is 4.39 Å². The van der Waals surface area contributed by atoms with Gasteiger partial charge in [0.05, 0.1) is 4.47 Å². The van der Waals surface area contributed by atoms with Crippen LogP contribution >= 0.6 is 15.9 Å². The maximum absolute atomic E-state index is 13.2. The molecule has 0 amide bonds. The van der Waals surface area contributed by atoms with E-state index in [1.165, 1.54) is 17.2 Å². The highest BCUT2D eigenvalue weighted by atomic mass is 79.9. The SMILES string of the molecule is Cc1ccc(C(C)C)c(OCc2ccc(F)c(Br)c2)c1. The monoisotopic (exact) mass is 336 g/mol. The Hall–Kier alpha value is -1.35. The molecule has 3 heteroatoms. The highest BCUT2D eigenvalue weighted by Gasteiger charge is 2.09. The van der Waals surface area contributed by atoms with Crippen LogP contribution in [0.15, 0.2) is 40.9 Å². The minimum absolute atomic E-state index is 0.257. The number of hydrogen-bond donors (Lipinski definition) is 0. The van der Waals surface area contributed by atoms with Gasteiger partial charge in [0.25, 0.3) is 0 Å². The molecule has 0 saturated heterocycles. The molecule has 0 fully saturated rings. The summed E-state index contributed by atoms with van der Waals surface area (Å²) in [5.74, 6) is 1.05. The van der Waals surface area contributed by atoms with Crippen molar-refractivity contribution in [2.24, 2.45) is 0 Å². The van der Waals surface area contributed by atoms with Gasteiger partial charge in [0.1, 0.15) is 18.2 Å². The Kier molecular flexibility index (Phi) is 4.81. The van der Waals surface area contributed by atoms with E-state index in [-0.39, 0.29) is 5.82 Å². The summed E-state index contributed by atoms with van der Waals surface area (Å²) in [7, 11) is 0. The molecule has 20 heavy (non-hydrogen) atoms. The summed E-state index contributed by atoms with van der Waals surface area (Å²) >= 11 is 3.19. The van der Waals surface area contributed by atoms with Gasteiger partial charge in [-0.3, -0.25) is 0 Å². The summed E-state index contributed by atoms with van der Waals surface area (Å²) in [5.41, 5.74) is 3.30. The molecular weight excluding hydrogens is 319 g/mol.